The molecule has 0 unspecified atom stereocenters. The third-order valence-electron chi connectivity index (χ3n) is 9.90. The standard InChI is InChI=1S/C39H26N2O5/c42-35-33-34(36(43)40(35)29-21-23-30(24-22-29)41(45)46)39(28-19-11-4-12-20-28)32(26-15-7-2-8-16-26)31(25-13-5-1-6-14-25)38(33,37(39)44)27-17-9-3-10-18-27/h1-24,33-34H/t33-,34-,38-,39+/m1/s1. The van der Waals surface area contributed by atoms with Crippen molar-refractivity contribution >= 4 is 40.1 Å². The second-order valence-corrected chi connectivity index (χ2v) is 11.9. The van der Waals surface area contributed by atoms with Crippen molar-refractivity contribution in [1.82, 2.24) is 0 Å². The predicted molar refractivity (Wildman–Crippen MR) is 174 cm³/mol. The molecule has 1 heterocycles. The van der Waals surface area contributed by atoms with Crippen LogP contribution in [-0.4, -0.2) is 22.5 Å². The lowest BCUT2D eigenvalue weighted by Gasteiger charge is -2.39. The van der Waals surface area contributed by atoms with Gasteiger partial charge in [0.15, 0.2) is 5.78 Å². The maximum Gasteiger partial charge on any atom is 0.269 e. The molecule has 7 nitrogen and oxygen atoms in total. The van der Waals surface area contributed by atoms with E-state index < -0.39 is 39.4 Å². The molecule has 1 saturated carbocycles. The number of fused-ring (bicyclic) bond motifs is 5. The lowest BCUT2D eigenvalue weighted by atomic mass is 9.59. The number of hydrogen-bond acceptors (Lipinski definition) is 5. The van der Waals surface area contributed by atoms with Crippen molar-refractivity contribution in [3.63, 3.8) is 0 Å². The molecular formula is C39H26N2O5. The number of Topliss-reactive ketones (excluding diaryl/α,β-unsaturated/α-hetero) is 1. The summed E-state index contributed by atoms with van der Waals surface area (Å²) in [5.41, 5.74) is 1.38. The van der Waals surface area contributed by atoms with Crippen molar-refractivity contribution in [3.05, 3.63) is 178 Å². The molecule has 2 amide bonds. The van der Waals surface area contributed by atoms with Crippen LogP contribution in [0, 0.1) is 22.0 Å². The molecule has 222 valence electrons. The van der Waals surface area contributed by atoms with Gasteiger partial charge in [0.1, 0.15) is 0 Å². The topological polar surface area (TPSA) is 97.6 Å². The lowest BCUT2D eigenvalue weighted by molar-refractivity contribution is -0.384. The van der Waals surface area contributed by atoms with Gasteiger partial charge >= 0.3 is 0 Å². The minimum atomic E-state index is -1.50. The molecule has 2 bridgehead atoms. The van der Waals surface area contributed by atoms with Crippen molar-refractivity contribution in [3.8, 4) is 0 Å². The fourth-order valence-corrected chi connectivity index (χ4v) is 8.31. The van der Waals surface area contributed by atoms with Crippen LogP contribution in [0.25, 0.3) is 11.1 Å². The highest BCUT2D eigenvalue weighted by atomic mass is 16.6. The molecule has 3 aliphatic rings. The van der Waals surface area contributed by atoms with Crippen molar-refractivity contribution in [2.24, 2.45) is 11.8 Å². The molecular weight excluding hydrogens is 576 g/mol. The van der Waals surface area contributed by atoms with Gasteiger partial charge in [-0.05, 0) is 45.5 Å². The second kappa shape index (κ2) is 10.0. The summed E-state index contributed by atoms with van der Waals surface area (Å²) in [6, 6.07) is 43.4. The first-order valence-electron chi connectivity index (χ1n) is 15.1. The number of allylic oxidation sites excluding steroid dienone is 2. The van der Waals surface area contributed by atoms with Crippen molar-refractivity contribution in [1.29, 1.82) is 0 Å². The summed E-state index contributed by atoms with van der Waals surface area (Å²) in [5, 5.41) is 11.4. The number of hydrogen-bond donors (Lipinski definition) is 0. The molecule has 0 spiro atoms. The van der Waals surface area contributed by atoms with Gasteiger partial charge in [0, 0.05) is 12.1 Å². The highest BCUT2D eigenvalue weighted by Gasteiger charge is 2.82. The van der Waals surface area contributed by atoms with E-state index in [1.165, 1.54) is 24.3 Å². The number of carbonyl (C=O) groups is 3. The van der Waals surface area contributed by atoms with Crippen molar-refractivity contribution in [2.45, 2.75) is 10.8 Å². The van der Waals surface area contributed by atoms with Crippen LogP contribution in [0.4, 0.5) is 11.4 Å². The normalized spacial score (nSPS) is 24.9. The molecule has 0 N–H and O–H groups in total. The first-order chi connectivity index (χ1) is 22.4. The van der Waals surface area contributed by atoms with Gasteiger partial charge in [-0.1, -0.05) is 121 Å². The van der Waals surface area contributed by atoms with Crippen LogP contribution in [0.2, 0.25) is 0 Å². The molecule has 8 rings (SSSR count). The Morgan fingerprint density at radius 1 is 0.522 bits per heavy atom. The summed E-state index contributed by atoms with van der Waals surface area (Å²) < 4.78 is 0. The SMILES string of the molecule is O=C1[C@H]2[C@H](C(=O)N1c1ccc([N+](=O)[O-])cc1)[C@]1(c3ccccc3)C(=O)[C@@]2(c2ccccc2)C(c2ccccc2)=C1c1ccccc1. The van der Waals surface area contributed by atoms with Crippen LogP contribution in [0.3, 0.4) is 0 Å². The van der Waals surface area contributed by atoms with E-state index in [-0.39, 0.29) is 17.2 Å². The number of nitro groups is 1. The third kappa shape index (κ3) is 3.39. The molecule has 46 heavy (non-hydrogen) atoms. The van der Waals surface area contributed by atoms with E-state index in [0.29, 0.717) is 22.3 Å². The minimum Gasteiger partial charge on any atom is -0.297 e. The smallest absolute Gasteiger partial charge is 0.269 e. The van der Waals surface area contributed by atoms with E-state index >= 15 is 4.79 Å². The molecule has 7 heteroatoms. The number of imide groups is 1. The minimum absolute atomic E-state index is 0.154. The summed E-state index contributed by atoms with van der Waals surface area (Å²) in [7, 11) is 0. The number of benzene rings is 5. The zero-order valence-electron chi connectivity index (χ0n) is 24.4. The van der Waals surface area contributed by atoms with E-state index in [1.807, 2.05) is 121 Å². The Hall–Kier alpha value is -5.95. The Morgan fingerprint density at radius 2 is 0.891 bits per heavy atom. The molecule has 1 aliphatic heterocycles. The van der Waals surface area contributed by atoms with Crippen LogP contribution in [0.15, 0.2) is 146 Å². The average Bonchev–Trinajstić information content (AvgIpc) is 3.62. The van der Waals surface area contributed by atoms with Gasteiger partial charge in [-0.15, -0.1) is 0 Å². The number of nitrogens with zero attached hydrogens (tertiary/aromatic N) is 2. The first-order valence-corrected chi connectivity index (χ1v) is 15.1. The van der Waals surface area contributed by atoms with E-state index in [0.717, 1.165) is 16.0 Å². The van der Waals surface area contributed by atoms with E-state index in [4.69, 9.17) is 0 Å². The molecule has 2 aliphatic carbocycles. The molecule has 5 aromatic rings. The second-order valence-electron chi connectivity index (χ2n) is 11.9. The summed E-state index contributed by atoms with van der Waals surface area (Å²) in [5.74, 6) is -3.32. The number of amides is 2. The van der Waals surface area contributed by atoms with E-state index in [1.54, 1.807) is 0 Å². The van der Waals surface area contributed by atoms with E-state index in [9.17, 15) is 19.7 Å². The largest absolute Gasteiger partial charge is 0.297 e. The van der Waals surface area contributed by atoms with Gasteiger partial charge in [-0.2, -0.15) is 0 Å². The summed E-state index contributed by atoms with van der Waals surface area (Å²) in [6.07, 6.45) is 0. The van der Waals surface area contributed by atoms with Crippen LogP contribution in [0.1, 0.15) is 22.3 Å². The Labute approximate surface area is 264 Å². The van der Waals surface area contributed by atoms with Crippen LogP contribution in [-0.2, 0) is 25.2 Å². The maximum atomic E-state index is 15.8. The van der Waals surface area contributed by atoms with E-state index in [2.05, 4.69) is 0 Å². The summed E-state index contributed by atoms with van der Waals surface area (Å²) in [4.78, 5) is 57.7. The summed E-state index contributed by atoms with van der Waals surface area (Å²) >= 11 is 0. The van der Waals surface area contributed by atoms with Gasteiger partial charge in [-0.25, -0.2) is 4.90 Å². The number of carbonyl (C=O) groups excluding carboxylic acids is 3. The van der Waals surface area contributed by atoms with Crippen LogP contribution in [0.5, 0.6) is 0 Å². The molecule has 0 radical (unpaired) electrons. The maximum absolute atomic E-state index is 15.8. The Kier molecular flexibility index (Phi) is 6.02. The fourth-order valence-electron chi connectivity index (χ4n) is 8.31. The van der Waals surface area contributed by atoms with Crippen LogP contribution < -0.4 is 4.90 Å². The van der Waals surface area contributed by atoms with Gasteiger partial charge < -0.3 is 0 Å². The zero-order chi connectivity index (χ0) is 31.6. The molecule has 4 atom stereocenters. The summed E-state index contributed by atoms with van der Waals surface area (Å²) in [6.45, 7) is 0. The Balaban J connectivity index is 1.52. The third-order valence-corrected chi connectivity index (χ3v) is 9.90. The van der Waals surface area contributed by atoms with Crippen LogP contribution >= 0.6 is 0 Å². The van der Waals surface area contributed by atoms with Gasteiger partial charge in [0.05, 0.1) is 33.3 Å². The lowest BCUT2D eigenvalue weighted by Crippen LogP contribution is -2.45. The number of nitro benzene ring substituents is 1. The number of anilines is 1. The zero-order valence-corrected chi connectivity index (χ0v) is 24.4. The van der Waals surface area contributed by atoms with Gasteiger partial charge in [-0.3, -0.25) is 24.5 Å². The molecule has 0 aromatic heterocycles. The monoisotopic (exact) mass is 602 g/mol. The van der Waals surface area contributed by atoms with Gasteiger partial charge in [0.25, 0.3) is 5.69 Å². The average molecular weight is 603 g/mol. The molecule has 1 saturated heterocycles. The van der Waals surface area contributed by atoms with Gasteiger partial charge in [0.2, 0.25) is 11.8 Å². The Morgan fingerprint density at radius 3 is 1.26 bits per heavy atom. The number of ketones is 1. The fraction of sp³-hybridized carbons (Fsp3) is 0.103. The highest BCUT2D eigenvalue weighted by Crippen LogP contribution is 2.74. The quantitative estimate of drug-likeness (QED) is 0.121. The van der Waals surface area contributed by atoms with Crippen molar-refractivity contribution < 1.29 is 19.3 Å². The molecule has 5 aromatic carbocycles. The number of rotatable bonds is 6. The molecule has 2 fully saturated rings. The van der Waals surface area contributed by atoms with Crippen molar-refractivity contribution in [2.75, 3.05) is 4.90 Å². The Bertz CT molecular complexity index is 1960. The first kappa shape index (κ1) is 27.6. The number of non-ortho nitro benzene ring substituents is 1. The predicted octanol–water partition coefficient (Wildman–Crippen LogP) is 6.78. The highest BCUT2D eigenvalue weighted by molar-refractivity contribution is 6.39.